The molecule has 1 nitrogen and oxygen atoms in total. The minimum Gasteiger partial charge on any atom is -0.456 e. The molecule has 0 fully saturated rings. The maximum Gasteiger partial charge on any atom is 0.135 e. The van der Waals surface area contributed by atoms with E-state index in [2.05, 4.69) is 0 Å². The van der Waals surface area contributed by atoms with Crippen LogP contribution in [0.15, 0.2) is 150 Å². The van der Waals surface area contributed by atoms with Crippen molar-refractivity contribution in [1.29, 1.82) is 0 Å². The summed E-state index contributed by atoms with van der Waals surface area (Å²) in [6.45, 7) is 0. The van der Waals surface area contributed by atoms with Crippen molar-refractivity contribution >= 4 is 43.5 Å². The van der Waals surface area contributed by atoms with Gasteiger partial charge in [0.15, 0.2) is 0 Å². The minimum absolute atomic E-state index is 0.179. The van der Waals surface area contributed by atoms with Crippen molar-refractivity contribution in [3.63, 3.8) is 0 Å². The van der Waals surface area contributed by atoms with Crippen LogP contribution in [-0.2, 0) is 0 Å². The highest BCUT2D eigenvalue weighted by atomic mass is 16.3. The highest BCUT2D eigenvalue weighted by Gasteiger charge is 2.19. The zero-order chi connectivity index (χ0) is 32.7. The predicted molar refractivity (Wildman–Crippen MR) is 165 cm³/mol. The van der Waals surface area contributed by atoms with Crippen molar-refractivity contribution in [3.05, 3.63) is 145 Å². The van der Waals surface area contributed by atoms with E-state index in [1.54, 1.807) is 12.1 Å². The summed E-state index contributed by atoms with van der Waals surface area (Å²) < 4.78 is 77.9. The van der Waals surface area contributed by atoms with Gasteiger partial charge in [0, 0.05) is 10.8 Å². The molecule has 1 heterocycles. The van der Waals surface area contributed by atoms with E-state index >= 15 is 0 Å². The fourth-order valence-electron chi connectivity index (χ4n) is 5.64. The first kappa shape index (κ1) is 15.3. The third-order valence-corrected chi connectivity index (χ3v) is 7.32. The number of furan rings is 1. The molecule has 0 spiro atoms. The molecule has 0 saturated carbocycles. The van der Waals surface area contributed by atoms with Crippen molar-refractivity contribution in [1.82, 2.24) is 0 Å². The lowest BCUT2D eigenvalue weighted by Gasteiger charge is -2.19. The molecule has 1 heteroatoms. The molecule has 0 saturated heterocycles. The summed E-state index contributed by atoms with van der Waals surface area (Å²) in [5.41, 5.74) is 4.69. The lowest BCUT2D eigenvalue weighted by Crippen LogP contribution is -1.92. The van der Waals surface area contributed by atoms with Crippen LogP contribution in [0, 0.1) is 0 Å². The van der Waals surface area contributed by atoms with Crippen LogP contribution in [0.3, 0.4) is 0 Å². The number of rotatable bonds is 3. The van der Waals surface area contributed by atoms with Crippen LogP contribution in [-0.4, -0.2) is 0 Å². The van der Waals surface area contributed by atoms with E-state index in [0.29, 0.717) is 33.4 Å². The number of benzene rings is 7. The Kier molecular flexibility index (Phi) is 3.42. The van der Waals surface area contributed by atoms with Crippen molar-refractivity contribution in [3.8, 4) is 33.4 Å². The first-order valence-corrected chi connectivity index (χ1v) is 12.7. The molecule has 8 rings (SSSR count). The highest BCUT2D eigenvalue weighted by Crippen LogP contribution is 2.46. The van der Waals surface area contributed by atoms with Crippen molar-refractivity contribution in [2.45, 2.75) is 0 Å². The third kappa shape index (κ3) is 3.41. The second kappa shape index (κ2) is 8.72. The van der Waals surface area contributed by atoms with Crippen LogP contribution in [0.4, 0.5) is 0 Å². The standard InChI is InChI=1S/C38H24O/c1-2-12-25(13-3-1)27-14-4-5-16-29(27)38-32-19-8-6-17-30(32)37(31-18-7-9-20-33(31)38)26-22-23-36-34(24-26)28-15-10-11-21-35(28)39-36/h1-24H/i6D,7D,8D,9D,17D,18D,19D,20D. The van der Waals surface area contributed by atoms with E-state index in [0.717, 1.165) is 21.9 Å². The molecule has 0 unspecified atom stereocenters. The Hall–Kier alpha value is -5.14. The molecule has 7 aromatic carbocycles. The minimum atomic E-state index is -0.430. The Labute approximate surface area is 237 Å². The molecule has 0 N–H and O–H groups in total. The second-order valence-electron chi connectivity index (χ2n) is 9.47. The molecule has 0 radical (unpaired) electrons. The molecule has 39 heavy (non-hydrogen) atoms. The molecule has 8 aromatic rings. The van der Waals surface area contributed by atoms with Crippen LogP contribution < -0.4 is 0 Å². The van der Waals surface area contributed by atoms with Crippen molar-refractivity contribution in [2.75, 3.05) is 0 Å². The average Bonchev–Trinajstić information content (AvgIpc) is 3.48. The Morgan fingerprint density at radius 3 is 1.69 bits per heavy atom. The lowest BCUT2D eigenvalue weighted by atomic mass is 9.83. The van der Waals surface area contributed by atoms with E-state index < -0.39 is 24.2 Å². The zero-order valence-corrected chi connectivity index (χ0v) is 20.6. The molecule has 0 atom stereocenters. The Bertz CT molecular complexity index is 2530. The van der Waals surface area contributed by atoms with Gasteiger partial charge in [0.05, 0.1) is 11.0 Å². The normalized spacial score (nSPS) is 14.5. The highest BCUT2D eigenvalue weighted by molar-refractivity contribution is 6.23. The van der Waals surface area contributed by atoms with E-state index in [1.807, 2.05) is 84.9 Å². The molecule has 0 aliphatic carbocycles. The molecule has 182 valence electrons. The molecule has 0 amide bonds. The summed E-state index contributed by atoms with van der Waals surface area (Å²) in [7, 11) is 0. The van der Waals surface area contributed by atoms with Gasteiger partial charge in [0.25, 0.3) is 0 Å². The number of hydrogen-bond acceptors (Lipinski definition) is 1. The monoisotopic (exact) mass is 504 g/mol. The molecular formula is C38H24O. The predicted octanol–water partition coefficient (Wildman–Crippen LogP) is 10.9. The van der Waals surface area contributed by atoms with Gasteiger partial charge in [-0.2, -0.15) is 0 Å². The average molecular weight is 505 g/mol. The smallest absolute Gasteiger partial charge is 0.135 e. The fourth-order valence-corrected chi connectivity index (χ4v) is 5.64. The number of hydrogen-bond donors (Lipinski definition) is 0. The largest absolute Gasteiger partial charge is 0.456 e. The van der Waals surface area contributed by atoms with Gasteiger partial charge in [-0.1, -0.05) is 127 Å². The van der Waals surface area contributed by atoms with Crippen LogP contribution >= 0.6 is 0 Å². The first-order valence-electron chi connectivity index (χ1n) is 16.7. The lowest BCUT2D eigenvalue weighted by molar-refractivity contribution is 0.669. The maximum absolute atomic E-state index is 9.26. The van der Waals surface area contributed by atoms with Crippen LogP contribution in [0.5, 0.6) is 0 Å². The zero-order valence-electron chi connectivity index (χ0n) is 28.6. The SMILES string of the molecule is [2H]c1c([2H])c([2H])c2c(-c3ccccc3-c3ccccc3)c3c([2H])c([2H])c([2H])c([2H])c3c(-c3ccc4oc5ccccc5c4c3)c2c1[2H]. The maximum atomic E-state index is 9.26. The van der Waals surface area contributed by atoms with Crippen LogP contribution in [0.1, 0.15) is 11.0 Å². The van der Waals surface area contributed by atoms with Gasteiger partial charge in [-0.25, -0.2) is 0 Å². The molecular weight excluding hydrogens is 472 g/mol. The van der Waals surface area contributed by atoms with Crippen molar-refractivity contribution < 1.29 is 15.4 Å². The quantitative estimate of drug-likeness (QED) is 0.218. The van der Waals surface area contributed by atoms with Gasteiger partial charge in [0.1, 0.15) is 11.2 Å². The van der Waals surface area contributed by atoms with Gasteiger partial charge < -0.3 is 4.42 Å². The first-order chi connectivity index (χ1) is 22.7. The van der Waals surface area contributed by atoms with Gasteiger partial charge in [-0.15, -0.1) is 0 Å². The van der Waals surface area contributed by atoms with Gasteiger partial charge in [-0.3, -0.25) is 0 Å². The van der Waals surface area contributed by atoms with E-state index in [9.17, 15) is 5.48 Å². The third-order valence-electron chi connectivity index (χ3n) is 7.32. The summed E-state index contributed by atoms with van der Waals surface area (Å²) >= 11 is 0. The molecule has 0 aliphatic rings. The van der Waals surface area contributed by atoms with E-state index in [4.69, 9.17) is 9.90 Å². The van der Waals surface area contributed by atoms with Gasteiger partial charge >= 0.3 is 0 Å². The summed E-state index contributed by atoms with van der Waals surface area (Å²) in [4.78, 5) is 0. The Morgan fingerprint density at radius 1 is 0.410 bits per heavy atom. The molecule has 1 aromatic heterocycles. The Morgan fingerprint density at radius 2 is 0.974 bits per heavy atom. The van der Waals surface area contributed by atoms with Crippen LogP contribution in [0.25, 0.3) is 76.9 Å². The summed E-state index contributed by atoms with van der Waals surface area (Å²) in [6.07, 6.45) is 0. The number of fused-ring (bicyclic) bond motifs is 5. The topological polar surface area (TPSA) is 13.1 Å². The summed E-state index contributed by atoms with van der Waals surface area (Å²) in [5.74, 6) is 0. The summed E-state index contributed by atoms with van der Waals surface area (Å²) in [5, 5.41) is 2.36. The second-order valence-corrected chi connectivity index (χ2v) is 9.47. The fraction of sp³-hybridized carbons (Fsp3) is 0. The van der Waals surface area contributed by atoms with E-state index in [1.165, 1.54) is 0 Å². The van der Waals surface area contributed by atoms with E-state index in [-0.39, 0.29) is 45.7 Å². The molecule has 0 bridgehead atoms. The van der Waals surface area contributed by atoms with Crippen molar-refractivity contribution in [2.24, 2.45) is 0 Å². The Balaban J connectivity index is 1.66. The molecule has 0 aliphatic heterocycles. The van der Waals surface area contributed by atoms with Gasteiger partial charge in [0.2, 0.25) is 0 Å². The number of para-hydroxylation sites is 1. The summed E-state index contributed by atoms with van der Waals surface area (Å²) in [6, 6.07) is 27.2. The van der Waals surface area contributed by atoms with Crippen LogP contribution in [0.2, 0.25) is 0 Å². The van der Waals surface area contributed by atoms with Gasteiger partial charge in [-0.05, 0) is 73.1 Å².